The lowest BCUT2D eigenvalue weighted by Crippen LogP contribution is -2.54. The van der Waals surface area contributed by atoms with Crippen LogP contribution in [0.3, 0.4) is 0 Å². The molecule has 2 fully saturated rings. The van der Waals surface area contributed by atoms with Crippen molar-refractivity contribution in [1.29, 1.82) is 0 Å². The zero-order valence-corrected chi connectivity index (χ0v) is 13.1. The number of carbonyl (C=O) groups excluding carboxylic acids is 1. The van der Waals surface area contributed by atoms with E-state index in [1.165, 1.54) is 0 Å². The molecule has 0 atom stereocenters. The van der Waals surface area contributed by atoms with E-state index in [0.29, 0.717) is 37.6 Å². The van der Waals surface area contributed by atoms with Crippen LogP contribution in [0.2, 0.25) is 0 Å². The fourth-order valence-corrected chi connectivity index (χ4v) is 3.11. The Kier molecular flexibility index (Phi) is 5.08. The molecule has 1 heterocycles. The van der Waals surface area contributed by atoms with Gasteiger partial charge in [0, 0.05) is 32.2 Å². The van der Waals surface area contributed by atoms with Crippen molar-refractivity contribution in [2.75, 3.05) is 32.7 Å². The maximum Gasteiger partial charge on any atom is 0.317 e. The minimum Gasteiger partial charge on any atom is -0.480 e. The number of nitrogens with zero attached hydrogens (tertiary/aromatic N) is 2. The van der Waals surface area contributed by atoms with Crippen molar-refractivity contribution in [3.05, 3.63) is 0 Å². The molecule has 0 bridgehead atoms. The first-order valence-electron chi connectivity index (χ1n) is 7.85. The first kappa shape index (κ1) is 16.1. The normalized spacial score (nSPS) is 23.8. The lowest BCUT2D eigenvalue weighted by atomic mass is 9.75. The summed E-state index contributed by atoms with van der Waals surface area (Å²) in [5.74, 6) is -0.808. The summed E-state index contributed by atoms with van der Waals surface area (Å²) < 4.78 is 0. The standard InChI is InChI=1S/C15H27N3O3/c1-15(2)5-3-12(4-6-15)16-14(21)18-9-7-17(8-10-18)11-13(19)20/h12H,3-11H2,1-2H3,(H,16,21)(H,19,20). The summed E-state index contributed by atoms with van der Waals surface area (Å²) in [5.41, 5.74) is 0.406. The van der Waals surface area contributed by atoms with E-state index >= 15 is 0 Å². The molecule has 6 heteroatoms. The molecule has 1 saturated heterocycles. The second-order valence-corrected chi connectivity index (χ2v) is 7.04. The molecule has 0 unspecified atom stereocenters. The molecule has 2 rings (SSSR count). The first-order valence-corrected chi connectivity index (χ1v) is 7.85. The molecule has 120 valence electrons. The molecule has 0 radical (unpaired) electrons. The summed E-state index contributed by atoms with van der Waals surface area (Å²) in [6, 6.07) is 0.303. The Hall–Kier alpha value is -1.30. The van der Waals surface area contributed by atoms with Gasteiger partial charge in [0.25, 0.3) is 0 Å². The summed E-state index contributed by atoms with van der Waals surface area (Å²) in [7, 11) is 0. The minimum atomic E-state index is -0.808. The highest BCUT2D eigenvalue weighted by atomic mass is 16.4. The lowest BCUT2D eigenvalue weighted by Gasteiger charge is -2.37. The highest BCUT2D eigenvalue weighted by molar-refractivity contribution is 5.74. The van der Waals surface area contributed by atoms with Gasteiger partial charge in [-0.2, -0.15) is 0 Å². The highest BCUT2D eigenvalue weighted by Crippen LogP contribution is 2.35. The number of carbonyl (C=O) groups is 2. The molecule has 2 amide bonds. The minimum absolute atomic E-state index is 0.00896. The molecule has 1 saturated carbocycles. The van der Waals surface area contributed by atoms with Gasteiger partial charge in [-0.3, -0.25) is 9.69 Å². The van der Waals surface area contributed by atoms with Crippen molar-refractivity contribution < 1.29 is 14.7 Å². The number of rotatable bonds is 3. The second-order valence-electron chi connectivity index (χ2n) is 7.04. The first-order chi connectivity index (χ1) is 9.85. The lowest BCUT2D eigenvalue weighted by molar-refractivity contribution is -0.138. The quantitative estimate of drug-likeness (QED) is 0.825. The molecular formula is C15H27N3O3. The van der Waals surface area contributed by atoms with Gasteiger partial charge in [-0.1, -0.05) is 13.8 Å². The van der Waals surface area contributed by atoms with E-state index in [-0.39, 0.29) is 12.6 Å². The summed E-state index contributed by atoms with van der Waals surface area (Å²) in [4.78, 5) is 26.6. The number of hydrogen-bond donors (Lipinski definition) is 2. The van der Waals surface area contributed by atoms with Crippen LogP contribution in [0, 0.1) is 5.41 Å². The molecule has 1 aliphatic heterocycles. The van der Waals surface area contributed by atoms with Crippen molar-refractivity contribution in [3.8, 4) is 0 Å². The van der Waals surface area contributed by atoms with Crippen molar-refractivity contribution >= 4 is 12.0 Å². The number of urea groups is 1. The number of hydrogen-bond acceptors (Lipinski definition) is 3. The predicted molar refractivity (Wildman–Crippen MR) is 80.2 cm³/mol. The molecule has 0 aromatic carbocycles. The third-order valence-corrected chi connectivity index (χ3v) is 4.69. The third-order valence-electron chi connectivity index (χ3n) is 4.69. The average Bonchev–Trinajstić information content (AvgIpc) is 2.41. The summed E-state index contributed by atoms with van der Waals surface area (Å²) in [6.45, 7) is 7.12. The van der Waals surface area contributed by atoms with Gasteiger partial charge in [-0.15, -0.1) is 0 Å². The van der Waals surface area contributed by atoms with Crippen molar-refractivity contribution in [2.45, 2.75) is 45.6 Å². The van der Waals surface area contributed by atoms with Crippen molar-refractivity contribution in [1.82, 2.24) is 15.1 Å². The van der Waals surface area contributed by atoms with Gasteiger partial charge in [0.15, 0.2) is 0 Å². The molecule has 1 aliphatic carbocycles. The molecular weight excluding hydrogens is 270 g/mol. The SMILES string of the molecule is CC1(C)CCC(NC(=O)N2CCN(CC(=O)O)CC2)CC1. The molecule has 21 heavy (non-hydrogen) atoms. The fourth-order valence-electron chi connectivity index (χ4n) is 3.11. The Bertz CT molecular complexity index is 380. The zero-order valence-electron chi connectivity index (χ0n) is 13.1. The average molecular weight is 297 g/mol. The molecule has 0 aromatic rings. The monoisotopic (exact) mass is 297 g/mol. The van der Waals surface area contributed by atoms with Gasteiger partial charge in [0.2, 0.25) is 0 Å². The van der Waals surface area contributed by atoms with Crippen LogP contribution in [0.4, 0.5) is 4.79 Å². The number of piperazine rings is 1. The Morgan fingerprint density at radius 2 is 1.71 bits per heavy atom. The highest BCUT2D eigenvalue weighted by Gasteiger charge is 2.29. The van der Waals surface area contributed by atoms with Gasteiger partial charge in [-0.25, -0.2) is 4.79 Å². The second kappa shape index (κ2) is 6.64. The molecule has 6 nitrogen and oxygen atoms in total. The van der Waals surface area contributed by atoms with E-state index in [0.717, 1.165) is 25.7 Å². The largest absolute Gasteiger partial charge is 0.480 e. The van der Waals surface area contributed by atoms with Gasteiger partial charge >= 0.3 is 12.0 Å². The van der Waals surface area contributed by atoms with E-state index in [1.54, 1.807) is 4.90 Å². The predicted octanol–water partition coefficient (Wildman–Crippen LogP) is 1.37. The van der Waals surface area contributed by atoms with Gasteiger partial charge in [0.1, 0.15) is 0 Å². The number of aliphatic carboxylic acids is 1. The third kappa shape index (κ3) is 4.88. The summed E-state index contributed by atoms with van der Waals surface area (Å²) in [5, 5.41) is 11.9. The Morgan fingerprint density at radius 3 is 2.24 bits per heavy atom. The van der Waals surface area contributed by atoms with Crippen molar-refractivity contribution in [3.63, 3.8) is 0 Å². The van der Waals surface area contributed by atoms with Gasteiger partial charge in [-0.05, 0) is 31.1 Å². The zero-order chi connectivity index (χ0) is 15.5. The summed E-state index contributed by atoms with van der Waals surface area (Å²) in [6.07, 6.45) is 4.42. The number of nitrogens with one attached hydrogen (secondary N) is 1. The van der Waals surface area contributed by atoms with Crippen LogP contribution in [0.5, 0.6) is 0 Å². The van der Waals surface area contributed by atoms with Crippen LogP contribution >= 0.6 is 0 Å². The molecule has 2 aliphatic rings. The number of carboxylic acids is 1. The topological polar surface area (TPSA) is 72.9 Å². The molecule has 2 N–H and O–H groups in total. The smallest absolute Gasteiger partial charge is 0.317 e. The van der Waals surface area contributed by atoms with Crippen LogP contribution in [0.15, 0.2) is 0 Å². The number of amides is 2. The van der Waals surface area contributed by atoms with Crippen LogP contribution < -0.4 is 5.32 Å². The van der Waals surface area contributed by atoms with Crippen molar-refractivity contribution in [2.24, 2.45) is 5.41 Å². The van der Waals surface area contributed by atoms with Crippen LogP contribution in [-0.4, -0.2) is 65.7 Å². The van der Waals surface area contributed by atoms with E-state index in [4.69, 9.17) is 5.11 Å². The maximum atomic E-state index is 12.2. The number of carboxylic acid groups (broad SMARTS) is 1. The Balaban J connectivity index is 1.71. The van der Waals surface area contributed by atoms with Gasteiger partial charge < -0.3 is 15.3 Å². The van der Waals surface area contributed by atoms with Crippen LogP contribution in [-0.2, 0) is 4.79 Å². The molecule has 0 spiro atoms. The Morgan fingerprint density at radius 1 is 1.14 bits per heavy atom. The van der Waals surface area contributed by atoms with Gasteiger partial charge in [0.05, 0.1) is 6.54 Å². The van der Waals surface area contributed by atoms with Crippen LogP contribution in [0.25, 0.3) is 0 Å². The molecule has 0 aromatic heterocycles. The van der Waals surface area contributed by atoms with E-state index in [2.05, 4.69) is 19.2 Å². The fraction of sp³-hybridized carbons (Fsp3) is 0.867. The summed E-state index contributed by atoms with van der Waals surface area (Å²) >= 11 is 0. The van der Waals surface area contributed by atoms with Crippen LogP contribution in [0.1, 0.15) is 39.5 Å². The van der Waals surface area contributed by atoms with E-state index in [1.807, 2.05) is 4.90 Å². The van der Waals surface area contributed by atoms with E-state index < -0.39 is 5.97 Å². The van der Waals surface area contributed by atoms with E-state index in [9.17, 15) is 9.59 Å². The maximum absolute atomic E-state index is 12.2. The Labute approximate surface area is 126 Å².